The second-order valence-electron chi connectivity index (χ2n) is 5.31. The normalized spacial score (nSPS) is 11.2. The maximum absolute atomic E-state index is 11.7. The minimum atomic E-state index is -0.577. The van der Waals surface area contributed by atoms with Gasteiger partial charge >= 0.3 is 6.09 Å². The number of fused-ring (bicyclic) bond motifs is 1. The molecule has 0 unspecified atom stereocenters. The van der Waals surface area contributed by atoms with E-state index in [1.165, 1.54) is 0 Å². The van der Waals surface area contributed by atoms with Crippen LogP contribution < -0.4 is 5.32 Å². The number of nitriles is 1. The fourth-order valence-corrected chi connectivity index (χ4v) is 1.67. The topological polar surface area (TPSA) is 92.3 Å². The first-order valence-corrected chi connectivity index (χ1v) is 6.05. The van der Waals surface area contributed by atoms with Crippen LogP contribution in [-0.4, -0.2) is 26.1 Å². The highest BCUT2D eigenvalue weighted by Gasteiger charge is 2.17. The van der Waals surface area contributed by atoms with E-state index in [1.807, 2.05) is 6.07 Å². The SMILES string of the molecule is Cc1nc(C#N)cn2cc(NC(=O)OC(C)(C)C)nc12. The van der Waals surface area contributed by atoms with Gasteiger partial charge in [0, 0.05) is 6.20 Å². The van der Waals surface area contributed by atoms with Crippen LogP contribution in [-0.2, 0) is 4.74 Å². The highest BCUT2D eigenvalue weighted by Crippen LogP contribution is 2.14. The van der Waals surface area contributed by atoms with Gasteiger partial charge in [-0.3, -0.25) is 5.32 Å². The fraction of sp³-hybridized carbons (Fsp3) is 0.385. The summed E-state index contributed by atoms with van der Waals surface area (Å²) in [7, 11) is 0. The lowest BCUT2D eigenvalue weighted by atomic mass is 10.2. The summed E-state index contributed by atoms with van der Waals surface area (Å²) in [5, 5.41) is 11.4. The summed E-state index contributed by atoms with van der Waals surface area (Å²) >= 11 is 0. The summed E-state index contributed by atoms with van der Waals surface area (Å²) < 4.78 is 6.79. The van der Waals surface area contributed by atoms with Crippen molar-refractivity contribution in [3.63, 3.8) is 0 Å². The molecule has 0 fully saturated rings. The van der Waals surface area contributed by atoms with E-state index in [0.29, 0.717) is 17.2 Å². The summed E-state index contributed by atoms with van der Waals surface area (Å²) in [6, 6.07) is 1.97. The maximum Gasteiger partial charge on any atom is 0.413 e. The van der Waals surface area contributed by atoms with E-state index < -0.39 is 11.7 Å². The zero-order valence-electron chi connectivity index (χ0n) is 11.8. The Bertz CT molecular complexity index is 706. The van der Waals surface area contributed by atoms with Gasteiger partial charge in [0.15, 0.2) is 17.2 Å². The average Bonchev–Trinajstić information content (AvgIpc) is 2.69. The Morgan fingerprint density at radius 3 is 2.70 bits per heavy atom. The van der Waals surface area contributed by atoms with E-state index in [2.05, 4.69) is 15.3 Å². The van der Waals surface area contributed by atoms with E-state index in [0.717, 1.165) is 0 Å². The molecule has 1 amide bonds. The number of aryl methyl sites for hydroxylation is 1. The van der Waals surface area contributed by atoms with Crippen LogP contribution in [0, 0.1) is 18.3 Å². The Morgan fingerprint density at radius 1 is 1.40 bits per heavy atom. The number of carbonyl (C=O) groups excluding carboxylic acids is 1. The van der Waals surface area contributed by atoms with Crippen molar-refractivity contribution in [1.29, 1.82) is 5.26 Å². The Balaban J connectivity index is 2.27. The highest BCUT2D eigenvalue weighted by atomic mass is 16.6. The van der Waals surface area contributed by atoms with Gasteiger partial charge in [-0.05, 0) is 27.7 Å². The molecule has 0 aliphatic heterocycles. The number of carbonyl (C=O) groups is 1. The van der Waals surface area contributed by atoms with Crippen molar-refractivity contribution < 1.29 is 9.53 Å². The zero-order valence-corrected chi connectivity index (χ0v) is 11.8. The van der Waals surface area contributed by atoms with Gasteiger partial charge in [-0.25, -0.2) is 14.8 Å². The lowest BCUT2D eigenvalue weighted by molar-refractivity contribution is 0.0635. The first kappa shape index (κ1) is 13.8. The third-order valence-electron chi connectivity index (χ3n) is 2.35. The third kappa shape index (κ3) is 3.03. The highest BCUT2D eigenvalue weighted by molar-refractivity contribution is 5.84. The van der Waals surface area contributed by atoms with Gasteiger partial charge in [-0.1, -0.05) is 0 Å². The second-order valence-corrected chi connectivity index (χ2v) is 5.31. The lowest BCUT2D eigenvalue weighted by Gasteiger charge is -2.18. The van der Waals surface area contributed by atoms with Crippen molar-refractivity contribution in [2.75, 3.05) is 5.32 Å². The standard InChI is InChI=1S/C13H15N5O2/c1-8-11-16-10(17-12(19)20-13(2,3)4)7-18(11)6-9(5-14)15-8/h6-7H,1-4H3,(H,17,19). The molecule has 2 aromatic rings. The minimum Gasteiger partial charge on any atom is -0.444 e. The molecule has 0 saturated carbocycles. The van der Waals surface area contributed by atoms with Gasteiger partial charge in [-0.2, -0.15) is 5.26 Å². The summed E-state index contributed by atoms with van der Waals surface area (Å²) in [6.07, 6.45) is 2.58. The fourth-order valence-electron chi connectivity index (χ4n) is 1.67. The molecule has 0 aliphatic carbocycles. The Kier molecular flexibility index (Phi) is 3.32. The van der Waals surface area contributed by atoms with Crippen molar-refractivity contribution in [1.82, 2.24) is 14.4 Å². The van der Waals surface area contributed by atoms with Crippen LogP contribution in [0.1, 0.15) is 32.2 Å². The van der Waals surface area contributed by atoms with Gasteiger partial charge in [-0.15, -0.1) is 0 Å². The molecule has 0 atom stereocenters. The number of hydrogen-bond acceptors (Lipinski definition) is 5. The van der Waals surface area contributed by atoms with Crippen molar-refractivity contribution in [2.24, 2.45) is 0 Å². The van der Waals surface area contributed by atoms with Crippen molar-refractivity contribution in [2.45, 2.75) is 33.3 Å². The van der Waals surface area contributed by atoms with Crippen LogP contribution in [0.25, 0.3) is 5.65 Å². The molecule has 1 N–H and O–H groups in total. The van der Waals surface area contributed by atoms with E-state index in [9.17, 15) is 4.79 Å². The van der Waals surface area contributed by atoms with E-state index >= 15 is 0 Å². The van der Waals surface area contributed by atoms with Gasteiger partial charge in [0.25, 0.3) is 0 Å². The summed E-state index contributed by atoms with van der Waals surface area (Å²) in [5.41, 5.74) is 0.905. The molecule has 104 valence electrons. The monoisotopic (exact) mass is 273 g/mol. The van der Waals surface area contributed by atoms with E-state index in [1.54, 1.807) is 44.5 Å². The quantitative estimate of drug-likeness (QED) is 0.860. The molecule has 0 bridgehead atoms. The first-order chi connectivity index (χ1) is 9.28. The average molecular weight is 273 g/mol. The zero-order chi connectivity index (χ0) is 14.9. The van der Waals surface area contributed by atoms with Crippen molar-refractivity contribution >= 4 is 17.6 Å². The van der Waals surface area contributed by atoms with E-state index in [-0.39, 0.29) is 5.69 Å². The predicted molar refractivity (Wildman–Crippen MR) is 72.3 cm³/mol. The number of hydrogen-bond donors (Lipinski definition) is 1. The molecular formula is C13H15N5O2. The number of rotatable bonds is 1. The van der Waals surface area contributed by atoms with Crippen LogP contribution in [0.2, 0.25) is 0 Å². The molecule has 7 heteroatoms. The summed E-state index contributed by atoms with van der Waals surface area (Å²) in [5.74, 6) is 0.347. The van der Waals surface area contributed by atoms with E-state index in [4.69, 9.17) is 10.00 Å². The van der Waals surface area contributed by atoms with Crippen LogP contribution in [0.5, 0.6) is 0 Å². The predicted octanol–water partition coefficient (Wildman–Crippen LogP) is 2.26. The van der Waals surface area contributed by atoms with Gasteiger partial charge in [0.2, 0.25) is 0 Å². The van der Waals surface area contributed by atoms with Crippen LogP contribution >= 0.6 is 0 Å². The number of anilines is 1. The lowest BCUT2D eigenvalue weighted by Crippen LogP contribution is -2.27. The number of ether oxygens (including phenoxy) is 1. The molecule has 0 saturated heterocycles. The smallest absolute Gasteiger partial charge is 0.413 e. The van der Waals surface area contributed by atoms with Crippen LogP contribution in [0.3, 0.4) is 0 Å². The molecule has 20 heavy (non-hydrogen) atoms. The molecule has 0 radical (unpaired) electrons. The first-order valence-electron chi connectivity index (χ1n) is 6.05. The molecule has 2 aromatic heterocycles. The largest absolute Gasteiger partial charge is 0.444 e. The van der Waals surface area contributed by atoms with Crippen LogP contribution in [0.15, 0.2) is 12.4 Å². The van der Waals surface area contributed by atoms with Gasteiger partial charge < -0.3 is 9.14 Å². The number of nitrogens with zero attached hydrogens (tertiary/aromatic N) is 4. The summed E-state index contributed by atoms with van der Waals surface area (Å²) in [6.45, 7) is 7.09. The number of amides is 1. The molecule has 0 aliphatic rings. The Morgan fingerprint density at radius 2 is 2.10 bits per heavy atom. The van der Waals surface area contributed by atoms with Crippen molar-refractivity contribution in [3.05, 3.63) is 23.8 Å². The molecular weight excluding hydrogens is 258 g/mol. The number of nitrogens with one attached hydrogen (secondary N) is 1. The number of aromatic nitrogens is 3. The Labute approximate surface area is 116 Å². The molecule has 0 spiro atoms. The summed E-state index contributed by atoms with van der Waals surface area (Å²) in [4.78, 5) is 20.0. The van der Waals surface area contributed by atoms with Gasteiger partial charge in [0.1, 0.15) is 11.7 Å². The maximum atomic E-state index is 11.7. The third-order valence-corrected chi connectivity index (χ3v) is 2.35. The number of imidazole rings is 1. The molecule has 0 aromatic carbocycles. The Hall–Kier alpha value is -2.62. The minimum absolute atomic E-state index is 0.288. The van der Waals surface area contributed by atoms with Crippen LogP contribution in [0.4, 0.5) is 10.6 Å². The van der Waals surface area contributed by atoms with Crippen molar-refractivity contribution in [3.8, 4) is 6.07 Å². The van der Waals surface area contributed by atoms with Gasteiger partial charge in [0.05, 0.1) is 11.9 Å². The second kappa shape index (κ2) is 4.81. The molecule has 2 heterocycles. The molecule has 2 rings (SSSR count). The molecule has 7 nitrogen and oxygen atoms in total.